The normalized spacial score (nSPS) is 17.0. The Balaban J connectivity index is 1.70. The molecule has 28 heavy (non-hydrogen) atoms. The van der Waals surface area contributed by atoms with Crippen molar-refractivity contribution in [2.45, 2.75) is 43.9 Å². The molecule has 0 aromatic carbocycles. The predicted octanol–water partition coefficient (Wildman–Crippen LogP) is 4.15. The van der Waals surface area contributed by atoms with Gasteiger partial charge in [-0.25, -0.2) is 9.97 Å². The summed E-state index contributed by atoms with van der Waals surface area (Å²) >= 11 is 0. The molecule has 148 valence electrons. The van der Waals surface area contributed by atoms with E-state index in [0.29, 0.717) is 23.9 Å². The largest absolute Gasteiger partial charge is 0.418 e. The smallest absolute Gasteiger partial charge is 0.388 e. The summed E-state index contributed by atoms with van der Waals surface area (Å²) in [6.45, 7) is 0.246. The van der Waals surface area contributed by atoms with Gasteiger partial charge in [0.2, 0.25) is 0 Å². The molecule has 1 aliphatic rings. The van der Waals surface area contributed by atoms with Gasteiger partial charge < -0.3 is 10.4 Å². The number of aliphatic hydroxyl groups is 1. The number of hydrogen-bond donors (Lipinski definition) is 3. The number of H-pyrrole nitrogens is 1. The molecule has 3 aromatic heterocycles. The van der Waals surface area contributed by atoms with Crippen LogP contribution in [-0.4, -0.2) is 37.4 Å². The molecular weight excluding hydrogens is 371 g/mol. The Labute approximate surface area is 159 Å². The van der Waals surface area contributed by atoms with E-state index >= 15 is 0 Å². The minimum atomic E-state index is -4.57. The van der Waals surface area contributed by atoms with Gasteiger partial charge in [0.1, 0.15) is 11.5 Å². The molecule has 0 atom stereocenters. The van der Waals surface area contributed by atoms with Gasteiger partial charge in [-0.2, -0.15) is 18.3 Å². The maximum absolute atomic E-state index is 13.6. The van der Waals surface area contributed by atoms with E-state index in [1.807, 2.05) is 0 Å². The molecule has 3 heterocycles. The van der Waals surface area contributed by atoms with Crippen molar-refractivity contribution in [3.8, 4) is 11.4 Å². The third-order valence-electron chi connectivity index (χ3n) is 5.15. The summed E-state index contributed by atoms with van der Waals surface area (Å²) in [4.78, 5) is 8.25. The highest BCUT2D eigenvalue weighted by Crippen LogP contribution is 2.38. The van der Waals surface area contributed by atoms with E-state index in [1.165, 1.54) is 12.3 Å². The molecule has 9 heteroatoms. The quantitative estimate of drug-likeness (QED) is 0.622. The second kappa shape index (κ2) is 7.05. The number of anilines is 1. The van der Waals surface area contributed by atoms with Crippen LogP contribution in [0.15, 0.2) is 30.5 Å². The lowest BCUT2D eigenvalue weighted by Gasteiger charge is -2.32. The fourth-order valence-corrected chi connectivity index (χ4v) is 3.65. The third kappa shape index (κ3) is 3.66. The van der Waals surface area contributed by atoms with Crippen LogP contribution in [-0.2, 0) is 6.18 Å². The van der Waals surface area contributed by atoms with Gasteiger partial charge in [-0.15, -0.1) is 0 Å². The van der Waals surface area contributed by atoms with E-state index < -0.39 is 17.3 Å². The molecule has 0 bridgehead atoms. The average molecular weight is 391 g/mol. The number of aromatic nitrogens is 4. The van der Waals surface area contributed by atoms with E-state index in [0.717, 1.165) is 25.3 Å². The summed E-state index contributed by atoms with van der Waals surface area (Å²) in [5.41, 5.74) is -1.47. The van der Waals surface area contributed by atoms with Crippen molar-refractivity contribution < 1.29 is 18.3 Å². The zero-order chi connectivity index (χ0) is 19.8. The Morgan fingerprint density at radius 2 is 1.93 bits per heavy atom. The van der Waals surface area contributed by atoms with Crippen LogP contribution < -0.4 is 5.32 Å². The molecule has 4 rings (SSSR count). The first-order valence-corrected chi connectivity index (χ1v) is 9.20. The summed E-state index contributed by atoms with van der Waals surface area (Å²) in [6.07, 6.45) is 1.27. The zero-order valence-corrected chi connectivity index (χ0v) is 15.1. The SMILES string of the molecule is OC1(CNc2ccc(C(F)(F)F)c(-c3[nH]nc4ncccc34)n2)CCCCC1. The third-order valence-corrected chi connectivity index (χ3v) is 5.15. The Kier molecular flexibility index (Phi) is 4.70. The van der Waals surface area contributed by atoms with E-state index in [2.05, 4.69) is 25.5 Å². The van der Waals surface area contributed by atoms with Gasteiger partial charge in [0, 0.05) is 18.1 Å². The average Bonchev–Trinajstić information content (AvgIpc) is 3.10. The summed E-state index contributed by atoms with van der Waals surface area (Å²) in [5.74, 6) is 0.272. The van der Waals surface area contributed by atoms with E-state index in [-0.39, 0.29) is 23.8 Å². The lowest BCUT2D eigenvalue weighted by atomic mass is 9.85. The second-order valence-corrected chi connectivity index (χ2v) is 7.20. The fraction of sp³-hybridized carbons (Fsp3) is 0.421. The summed E-state index contributed by atoms with van der Waals surface area (Å²) in [7, 11) is 0. The molecule has 0 amide bonds. The van der Waals surface area contributed by atoms with Crippen LogP contribution in [0.5, 0.6) is 0 Å². The Morgan fingerprint density at radius 1 is 1.14 bits per heavy atom. The van der Waals surface area contributed by atoms with Crippen molar-refractivity contribution in [1.82, 2.24) is 20.2 Å². The van der Waals surface area contributed by atoms with Gasteiger partial charge in [0.15, 0.2) is 5.65 Å². The molecule has 0 unspecified atom stereocenters. The van der Waals surface area contributed by atoms with E-state index in [1.54, 1.807) is 12.1 Å². The van der Waals surface area contributed by atoms with Crippen molar-refractivity contribution in [2.24, 2.45) is 0 Å². The number of aromatic amines is 1. The van der Waals surface area contributed by atoms with Gasteiger partial charge >= 0.3 is 6.18 Å². The lowest BCUT2D eigenvalue weighted by Crippen LogP contribution is -2.39. The van der Waals surface area contributed by atoms with Crippen molar-refractivity contribution in [3.63, 3.8) is 0 Å². The van der Waals surface area contributed by atoms with Crippen molar-refractivity contribution >= 4 is 16.9 Å². The van der Waals surface area contributed by atoms with Gasteiger partial charge in [-0.1, -0.05) is 19.3 Å². The zero-order valence-electron chi connectivity index (χ0n) is 15.1. The van der Waals surface area contributed by atoms with Gasteiger partial charge in [-0.3, -0.25) is 5.10 Å². The molecule has 3 aromatic rings. The van der Waals surface area contributed by atoms with Crippen LogP contribution in [0.25, 0.3) is 22.4 Å². The van der Waals surface area contributed by atoms with Gasteiger partial charge in [0.05, 0.1) is 16.9 Å². The highest BCUT2D eigenvalue weighted by molar-refractivity contribution is 5.90. The molecule has 6 nitrogen and oxygen atoms in total. The first-order chi connectivity index (χ1) is 13.4. The van der Waals surface area contributed by atoms with Crippen LogP contribution >= 0.6 is 0 Å². The topological polar surface area (TPSA) is 86.7 Å². The highest BCUT2D eigenvalue weighted by Gasteiger charge is 2.36. The van der Waals surface area contributed by atoms with Crippen molar-refractivity contribution in [3.05, 3.63) is 36.0 Å². The molecule has 1 fully saturated rings. The van der Waals surface area contributed by atoms with E-state index in [9.17, 15) is 18.3 Å². The molecular formula is C19H20F3N5O. The summed E-state index contributed by atoms with van der Waals surface area (Å²) < 4.78 is 40.7. The monoisotopic (exact) mass is 391 g/mol. The lowest BCUT2D eigenvalue weighted by molar-refractivity contribution is -0.137. The molecule has 0 saturated heterocycles. The predicted molar refractivity (Wildman–Crippen MR) is 98.6 cm³/mol. The number of hydrogen-bond acceptors (Lipinski definition) is 5. The maximum Gasteiger partial charge on any atom is 0.418 e. The van der Waals surface area contributed by atoms with Crippen LogP contribution in [0, 0.1) is 0 Å². The number of alkyl halides is 3. The summed E-state index contributed by atoms with van der Waals surface area (Å²) in [6, 6.07) is 5.57. The molecule has 0 radical (unpaired) electrons. The highest BCUT2D eigenvalue weighted by atomic mass is 19.4. The fourth-order valence-electron chi connectivity index (χ4n) is 3.65. The number of pyridine rings is 2. The molecule has 3 N–H and O–H groups in total. The first kappa shape index (κ1) is 18.7. The molecule has 1 aliphatic carbocycles. The standard InChI is InChI=1S/C19H20F3N5O/c20-19(21,22)13-6-7-14(24-11-18(28)8-2-1-3-9-18)25-16(13)15-12-5-4-10-23-17(12)27-26-15/h4-7,10,28H,1-3,8-9,11H2,(H,24,25)(H,23,26,27). The molecule has 0 spiro atoms. The Morgan fingerprint density at radius 3 is 2.68 bits per heavy atom. The van der Waals surface area contributed by atoms with Crippen LogP contribution in [0.2, 0.25) is 0 Å². The van der Waals surface area contributed by atoms with Gasteiger partial charge in [-0.05, 0) is 37.1 Å². The van der Waals surface area contributed by atoms with Crippen molar-refractivity contribution in [1.29, 1.82) is 0 Å². The number of fused-ring (bicyclic) bond motifs is 1. The Hall–Kier alpha value is -2.68. The number of rotatable bonds is 4. The van der Waals surface area contributed by atoms with Gasteiger partial charge in [0.25, 0.3) is 0 Å². The van der Waals surface area contributed by atoms with E-state index in [4.69, 9.17) is 0 Å². The first-order valence-electron chi connectivity index (χ1n) is 9.20. The minimum absolute atomic E-state index is 0.162. The maximum atomic E-state index is 13.6. The molecule has 0 aliphatic heterocycles. The van der Waals surface area contributed by atoms with Crippen LogP contribution in [0.4, 0.5) is 19.0 Å². The Bertz CT molecular complexity index is 979. The number of halogens is 3. The number of nitrogens with zero attached hydrogens (tertiary/aromatic N) is 3. The van der Waals surface area contributed by atoms with Crippen LogP contribution in [0.1, 0.15) is 37.7 Å². The second-order valence-electron chi connectivity index (χ2n) is 7.20. The molecule has 1 saturated carbocycles. The van der Waals surface area contributed by atoms with Crippen LogP contribution in [0.3, 0.4) is 0 Å². The van der Waals surface area contributed by atoms with Crippen molar-refractivity contribution in [2.75, 3.05) is 11.9 Å². The summed E-state index contributed by atoms with van der Waals surface area (Å²) in [5, 5.41) is 20.7. The number of nitrogens with one attached hydrogen (secondary N) is 2. The minimum Gasteiger partial charge on any atom is -0.388 e.